The Morgan fingerprint density at radius 2 is 2.21 bits per heavy atom. The smallest absolute Gasteiger partial charge is 0.237 e. The lowest BCUT2D eigenvalue weighted by molar-refractivity contribution is -0.125. The fourth-order valence-electron chi connectivity index (χ4n) is 2.10. The third-order valence-corrected chi connectivity index (χ3v) is 4.30. The Labute approximate surface area is 89.4 Å². The molecule has 0 aromatic heterocycles. The Morgan fingerprint density at radius 1 is 1.43 bits per heavy atom. The van der Waals surface area contributed by atoms with Crippen LogP contribution in [0, 0.1) is 0 Å². The van der Waals surface area contributed by atoms with Crippen LogP contribution in [-0.2, 0) is 4.79 Å². The van der Waals surface area contributed by atoms with Crippen molar-refractivity contribution >= 4 is 17.7 Å². The molecule has 3 atom stereocenters. The van der Waals surface area contributed by atoms with E-state index < -0.39 is 0 Å². The molecular formula is C10H18N2OS. The molecule has 0 spiro atoms. The molecule has 1 saturated heterocycles. The van der Waals surface area contributed by atoms with Crippen molar-refractivity contribution in [3.8, 4) is 0 Å². The lowest BCUT2D eigenvalue weighted by atomic mass is 10.1. The zero-order valence-corrected chi connectivity index (χ0v) is 9.40. The molecule has 0 bridgehead atoms. The van der Waals surface area contributed by atoms with E-state index in [2.05, 4.69) is 16.9 Å². The molecule has 4 heteroatoms. The van der Waals surface area contributed by atoms with Gasteiger partial charge in [-0.25, -0.2) is 0 Å². The Bertz CT molecular complexity index is 218. The van der Waals surface area contributed by atoms with Crippen molar-refractivity contribution in [2.24, 2.45) is 0 Å². The summed E-state index contributed by atoms with van der Waals surface area (Å²) in [7, 11) is 0. The van der Waals surface area contributed by atoms with Gasteiger partial charge in [0.15, 0.2) is 0 Å². The van der Waals surface area contributed by atoms with Crippen molar-refractivity contribution < 1.29 is 4.79 Å². The molecule has 2 aliphatic rings. The first-order chi connectivity index (χ1) is 6.79. The van der Waals surface area contributed by atoms with Gasteiger partial charge in [0.25, 0.3) is 0 Å². The van der Waals surface area contributed by atoms with Gasteiger partial charge in [0.2, 0.25) is 5.91 Å². The summed E-state index contributed by atoms with van der Waals surface area (Å²) in [6, 6.07) is 0.533. The summed E-state index contributed by atoms with van der Waals surface area (Å²) in [6.07, 6.45) is 6.72. The fourth-order valence-corrected chi connectivity index (χ4v) is 2.90. The van der Waals surface area contributed by atoms with Crippen molar-refractivity contribution in [3.05, 3.63) is 0 Å². The average molecular weight is 214 g/mol. The molecule has 2 unspecified atom stereocenters. The normalized spacial score (nSPS) is 36.5. The molecule has 2 rings (SSSR count). The standard InChI is InChI=1S/C10H18N2OS/c1-14-8-3-2-7(6-8)12-10(13)9-4-5-11-9/h7-9,11H,2-6H2,1H3,(H,12,13)/t7?,8?,9-/m1/s1. The molecule has 14 heavy (non-hydrogen) atoms. The van der Waals surface area contributed by atoms with Crippen molar-refractivity contribution in [1.29, 1.82) is 0 Å². The first-order valence-corrected chi connectivity index (χ1v) is 6.65. The number of hydrogen-bond donors (Lipinski definition) is 2. The number of carbonyl (C=O) groups excluding carboxylic acids is 1. The minimum Gasteiger partial charge on any atom is -0.352 e. The van der Waals surface area contributed by atoms with E-state index in [-0.39, 0.29) is 11.9 Å². The predicted molar refractivity (Wildman–Crippen MR) is 59.5 cm³/mol. The molecule has 1 aliphatic heterocycles. The number of rotatable bonds is 3. The minimum absolute atomic E-state index is 0.100. The van der Waals surface area contributed by atoms with Gasteiger partial charge < -0.3 is 10.6 Å². The highest BCUT2D eigenvalue weighted by atomic mass is 32.2. The second kappa shape index (κ2) is 4.53. The zero-order valence-electron chi connectivity index (χ0n) is 8.58. The van der Waals surface area contributed by atoms with Crippen LogP contribution in [0.5, 0.6) is 0 Å². The van der Waals surface area contributed by atoms with Crippen LogP contribution in [0.4, 0.5) is 0 Å². The van der Waals surface area contributed by atoms with Crippen LogP contribution in [0.25, 0.3) is 0 Å². The molecule has 2 fully saturated rings. The maximum Gasteiger partial charge on any atom is 0.237 e. The van der Waals surface area contributed by atoms with Gasteiger partial charge in [-0.2, -0.15) is 11.8 Å². The molecule has 80 valence electrons. The number of nitrogens with one attached hydrogen (secondary N) is 2. The summed E-state index contributed by atoms with van der Waals surface area (Å²) in [5, 5.41) is 7.02. The quantitative estimate of drug-likeness (QED) is 0.728. The van der Waals surface area contributed by atoms with Crippen LogP contribution in [0.1, 0.15) is 25.7 Å². The van der Waals surface area contributed by atoms with Crippen molar-refractivity contribution in [3.63, 3.8) is 0 Å². The van der Waals surface area contributed by atoms with Gasteiger partial charge in [0.05, 0.1) is 6.04 Å². The lowest BCUT2D eigenvalue weighted by Crippen LogP contribution is -2.54. The maximum absolute atomic E-state index is 11.6. The molecule has 1 heterocycles. The molecule has 3 nitrogen and oxygen atoms in total. The second-order valence-electron chi connectivity index (χ2n) is 4.17. The molecule has 0 aromatic carbocycles. The van der Waals surface area contributed by atoms with Gasteiger partial charge in [-0.05, 0) is 38.5 Å². The Balaban J connectivity index is 1.72. The van der Waals surface area contributed by atoms with Crippen LogP contribution in [0.15, 0.2) is 0 Å². The predicted octanol–water partition coefficient (Wildman–Crippen LogP) is 0.749. The summed E-state index contributed by atoms with van der Waals surface area (Å²) in [6.45, 7) is 0.996. The van der Waals surface area contributed by atoms with E-state index in [0.29, 0.717) is 6.04 Å². The molecular weight excluding hydrogens is 196 g/mol. The van der Waals surface area contributed by atoms with Gasteiger partial charge in [-0.15, -0.1) is 0 Å². The van der Waals surface area contributed by atoms with Crippen LogP contribution >= 0.6 is 11.8 Å². The molecule has 1 amide bonds. The summed E-state index contributed by atoms with van der Waals surface area (Å²) in [5.74, 6) is 0.211. The summed E-state index contributed by atoms with van der Waals surface area (Å²) >= 11 is 1.92. The molecule has 2 N–H and O–H groups in total. The van der Waals surface area contributed by atoms with E-state index in [4.69, 9.17) is 0 Å². The number of thioether (sulfide) groups is 1. The Morgan fingerprint density at radius 3 is 2.71 bits per heavy atom. The van der Waals surface area contributed by atoms with Crippen LogP contribution < -0.4 is 10.6 Å². The molecule has 0 aromatic rings. The topological polar surface area (TPSA) is 41.1 Å². The number of carbonyl (C=O) groups is 1. The highest BCUT2D eigenvalue weighted by Crippen LogP contribution is 2.28. The second-order valence-corrected chi connectivity index (χ2v) is 5.31. The van der Waals surface area contributed by atoms with Crippen molar-refractivity contribution in [1.82, 2.24) is 10.6 Å². The van der Waals surface area contributed by atoms with Crippen LogP contribution in [-0.4, -0.2) is 36.0 Å². The first kappa shape index (κ1) is 10.3. The van der Waals surface area contributed by atoms with Gasteiger partial charge in [0.1, 0.15) is 0 Å². The average Bonchev–Trinajstić information content (AvgIpc) is 2.48. The monoisotopic (exact) mass is 214 g/mol. The van der Waals surface area contributed by atoms with Gasteiger partial charge in [-0.1, -0.05) is 0 Å². The SMILES string of the molecule is CSC1CCC(NC(=O)[C@H]2CCN2)C1. The van der Waals surface area contributed by atoms with Crippen LogP contribution in [0.2, 0.25) is 0 Å². The fraction of sp³-hybridized carbons (Fsp3) is 0.900. The highest BCUT2D eigenvalue weighted by molar-refractivity contribution is 7.99. The van der Waals surface area contributed by atoms with E-state index in [1.165, 1.54) is 6.42 Å². The number of amides is 1. The summed E-state index contributed by atoms with van der Waals surface area (Å²) < 4.78 is 0. The van der Waals surface area contributed by atoms with E-state index >= 15 is 0 Å². The third kappa shape index (κ3) is 2.23. The Hall–Kier alpha value is -0.220. The molecule has 1 aliphatic carbocycles. The highest BCUT2D eigenvalue weighted by Gasteiger charge is 2.29. The van der Waals surface area contributed by atoms with E-state index in [0.717, 1.165) is 31.1 Å². The Kier molecular flexibility index (Phi) is 3.34. The van der Waals surface area contributed by atoms with Gasteiger partial charge in [-0.3, -0.25) is 4.79 Å². The minimum atomic E-state index is 0.100. The van der Waals surface area contributed by atoms with E-state index in [1.807, 2.05) is 11.8 Å². The third-order valence-electron chi connectivity index (χ3n) is 3.20. The van der Waals surface area contributed by atoms with Gasteiger partial charge >= 0.3 is 0 Å². The zero-order chi connectivity index (χ0) is 9.97. The number of hydrogen-bond acceptors (Lipinski definition) is 3. The molecule has 0 radical (unpaired) electrons. The maximum atomic E-state index is 11.6. The summed E-state index contributed by atoms with van der Waals surface area (Å²) in [4.78, 5) is 11.6. The lowest BCUT2D eigenvalue weighted by Gasteiger charge is -2.27. The van der Waals surface area contributed by atoms with E-state index in [9.17, 15) is 4.79 Å². The summed E-state index contributed by atoms with van der Waals surface area (Å²) in [5.41, 5.74) is 0. The first-order valence-electron chi connectivity index (χ1n) is 5.36. The van der Waals surface area contributed by atoms with Crippen molar-refractivity contribution in [2.75, 3.05) is 12.8 Å². The largest absolute Gasteiger partial charge is 0.352 e. The van der Waals surface area contributed by atoms with Crippen LogP contribution in [0.3, 0.4) is 0 Å². The molecule has 1 saturated carbocycles. The van der Waals surface area contributed by atoms with Crippen molar-refractivity contribution in [2.45, 2.75) is 43.0 Å². The van der Waals surface area contributed by atoms with E-state index in [1.54, 1.807) is 0 Å². The van der Waals surface area contributed by atoms with Gasteiger partial charge in [0, 0.05) is 11.3 Å².